The number of benzene rings is 1. The molecule has 2 aromatic rings. The molecule has 1 saturated heterocycles. The first kappa shape index (κ1) is 21.4. The van der Waals surface area contributed by atoms with Crippen molar-refractivity contribution in [1.29, 1.82) is 0 Å². The van der Waals surface area contributed by atoms with Gasteiger partial charge in [0.2, 0.25) is 0 Å². The van der Waals surface area contributed by atoms with E-state index in [0.717, 1.165) is 44.8 Å². The molecule has 1 amide bonds. The molecule has 1 aromatic heterocycles. The summed E-state index contributed by atoms with van der Waals surface area (Å²) in [6.07, 6.45) is 7.19. The highest BCUT2D eigenvalue weighted by Crippen LogP contribution is 2.33. The lowest BCUT2D eigenvalue weighted by atomic mass is 9.79. The van der Waals surface area contributed by atoms with Crippen LogP contribution in [0.1, 0.15) is 42.5 Å². The second kappa shape index (κ2) is 9.97. The van der Waals surface area contributed by atoms with E-state index in [1.807, 2.05) is 0 Å². The number of nitrogens with one attached hydrogen (secondary N) is 1. The predicted octanol–water partition coefficient (Wildman–Crippen LogP) is 0.970. The fourth-order valence-electron chi connectivity index (χ4n) is 4.41. The molecule has 10 heteroatoms. The molecule has 1 aromatic carbocycles. The Kier molecular flexibility index (Phi) is 6.88. The van der Waals surface area contributed by atoms with Gasteiger partial charge in [0.15, 0.2) is 6.61 Å². The number of nitrogens with zero attached hydrogens (tertiary/aromatic N) is 5. The minimum absolute atomic E-state index is 0.0201. The highest BCUT2D eigenvalue weighted by atomic mass is 16.5. The predicted molar refractivity (Wildman–Crippen MR) is 111 cm³/mol. The number of amides is 1. The van der Waals surface area contributed by atoms with E-state index >= 15 is 0 Å². The van der Waals surface area contributed by atoms with Gasteiger partial charge in [-0.1, -0.05) is 19.3 Å². The van der Waals surface area contributed by atoms with Gasteiger partial charge in [0.1, 0.15) is 6.33 Å². The molecule has 4 rings (SSSR count). The van der Waals surface area contributed by atoms with Gasteiger partial charge in [0.25, 0.3) is 5.91 Å². The summed E-state index contributed by atoms with van der Waals surface area (Å²) in [4.78, 5) is 27.2. The lowest BCUT2D eigenvalue weighted by molar-refractivity contribution is -0.125. The van der Waals surface area contributed by atoms with Crippen molar-refractivity contribution in [2.45, 2.75) is 37.6 Å². The van der Waals surface area contributed by atoms with Crippen LogP contribution in [0.4, 0.5) is 0 Å². The number of tetrazole rings is 1. The molecule has 0 radical (unpaired) electrons. The quantitative estimate of drug-likeness (QED) is 0.650. The van der Waals surface area contributed by atoms with E-state index in [0.29, 0.717) is 12.1 Å². The average Bonchev–Trinajstić information content (AvgIpc) is 3.37. The van der Waals surface area contributed by atoms with Crippen molar-refractivity contribution in [3.8, 4) is 5.69 Å². The van der Waals surface area contributed by atoms with Gasteiger partial charge in [0, 0.05) is 25.2 Å². The highest BCUT2D eigenvalue weighted by Gasteiger charge is 2.38. The summed E-state index contributed by atoms with van der Waals surface area (Å²) in [7, 11) is 0. The molecule has 10 nitrogen and oxygen atoms in total. The highest BCUT2D eigenvalue weighted by molar-refractivity contribution is 5.91. The molecule has 2 aliphatic rings. The number of hydrogen-bond acceptors (Lipinski definition) is 8. The Morgan fingerprint density at radius 3 is 2.52 bits per heavy atom. The first-order valence-corrected chi connectivity index (χ1v) is 10.8. The van der Waals surface area contributed by atoms with E-state index in [2.05, 4.69) is 25.7 Å². The van der Waals surface area contributed by atoms with Crippen LogP contribution < -0.4 is 5.32 Å². The topological polar surface area (TPSA) is 111 Å². The fraction of sp³-hybridized carbons (Fsp3) is 0.571. The van der Waals surface area contributed by atoms with Gasteiger partial charge in [0.05, 0.1) is 24.5 Å². The van der Waals surface area contributed by atoms with Crippen molar-refractivity contribution in [3.63, 3.8) is 0 Å². The van der Waals surface area contributed by atoms with Crippen molar-refractivity contribution in [2.75, 3.05) is 39.5 Å². The number of ether oxygens (including phenoxy) is 2. The smallest absolute Gasteiger partial charge is 0.338 e. The van der Waals surface area contributed by atoms with Crippen LogP contribution in [0.15, 0.2) is 30.6 Å². The summed E-state index contributed by atoms with van der Waals surface area (Å²) in [6.45, 7) is 3.53. The van der Waals surface area contributed by atoms with E-state index in [-0.39, 0.29) is 18.1 Å². The van der Waals surface area contributed by atoms with Crippen LogP contribution in [0.5, 0.6) is 0 Å². The number of aromatic nitrogens is 4. The Labute approximate surface area is 180 Å². The molecule has 1 aliphatic carbocycles. The summed E-state index contributed by atoms with van der Waals surface area (Å²) in [6, 6.07) is 6.66. The molecule has 1 N–H and O–H groups in total. The minimum atomic E-state index is -0.543. The van der Waals surface area contributed by atoms with Gasteiger partial charge < -0.3 is 14.8 Å². The zero-order valence-corrected chi connectivity index (χ0v) is 17.5. The van der Waals surface area contributed by atoms with Crippen LogP contribution in [0.2, 0.25) is 0 Å². The molecule has 166 valence electrons. The molecule has 2 fully saturated rings. The third kappa shape index (κ3) is 5.26. The van der Waals surface area contributed by atoms with Gasteiger partial charge in [-0.3, -0.25) is 9.69 Å². The Bertz CT molecular complexity index is 859. The van der Waals surface area contributed by atoms with Gasteiger partial charge in [-0.25, -0.2) is 9.48 Å². The molecule has 1 aliphatic heterocycles. The van der Waals surface area contributed by atoms with Crippen LogP contribution >= 0.6 is 0 Å². The Morgan fingerprint density at radius 1 is 1.10 bits per heavy atom. The number of rotatable bonds is 7. The summed E-state index contributed by atoms with van der Waals surface area (Å²) < 4.78 is 12.2. The van der Waals surface area contributed by atoms with Crippen molar-refractivity contribution < 1.29 is 19.1 Å². The van der Waals surface area contributed by atoms with Crippen LogP contribution in [-0.4, -0.2) is 82.0 Å². The third-order valence-corrected chi connectivity index (χ3v) is 6.13. The zero-order valence-electron chi connectivity index (χ0n) is 17.5. The summed E-state index contributed by atoms with van der Waals surface area (Å²) in [5.74, 6) is -0.823. The van der Waals surface area contributed by atoms with Crippen LogP contribution in [0.3, 0.4) is 0 Å². The maximum atomic E-state index is 12.4. The number of carbonyl (C=O) groups is 2. The zero-order chi connectivity index (χ0) is 21.5. The van der Waals surface area contributed by atoms with Crippen molar-refractivity contribution in [2.24, 2.45) is 0 Å². The molecule has 31 heavy (non-hydrogen) atoms. The van der Waals surface area contributed by atoms with Crippen LogP contribution in [0.25, 0.3) is 5.69 Å². The number of morpholine rings is 1. The van der Waals surface area contributed by atoms with E-state index in [1.165, 1.54) is 30.3 Å². The lowest BCUT2D eigenvalue weighted by Crippen LogP contribution is -2.59. The molecule has 2 heterocycles. The first-order chi connectivity index (χ1) is 15.2. The van der Waals surface area contributed by atoms with Crippen LogP contribution in [0, 0.1) is 0 Å². The van der Waals surface area contributed by atoms with Gasteiger partial charge in [-0.15, -0.1) is 5.10 Å². The molecule has 0 atom stereocenters. The summed E-state index contributed by atoms with van der Waals surface area (Å²) in [5, 5.41) is 14.0. The van der Waals surface area contributed by atoms with Crippen LogP contribution in [-0.2, 0) is 14.3 Å². The van der Waals surface area contributed by atoms with Crippen molar-refractivity contribution in [1.82, 2.24) is 30.4 Å². The average molecular weight is 428 g/mol. The molecule has 0 spiro atoms. The molecule has 0 bridgehead atoms. The first-order valence-electron chi connectivity index (χ1n) is 10.8. The monoisotopic (exact) mass is 428 g/mol. The van der Waals surface area contributed by atoms with Gasteiger partial charge in [-0.2, -0.15) is 0 Å². The Hall–Kier alpha value is -2.85. The largest absolute Gasteiger partial charge is 0.452 e. The number of esters is 1. The summed E-state index contributed by atoms with van der Waals surface area (Å²) >= 11 is 0. The Balaban J connectivity index is 1.27. The number of carbonyl (C=O) groups excluding carboxylic acids is 2. The maximum absolute atomic E-state index is 12.4. The molecule has 0 unspecified atom stereocenters. The molecular weight excluding hydrogens is 400 g/mol. The third-order valence-electron chi connectivity index (χ3n) is 6.13. The van der Waals surface area contributed by atoms with E-state index < -0.39 is 5.97 Å². The SMILES string of the molecule is O=C(COC(=O)c1ccc(-n2cnnn2)cc1)NCC1(N2CCOCC2)CCCCC1. The van der Waals surface area contributed by atoms with E-state index in [1.54, 1.807) is 24.3 Å². The van der Waals surface area contributed by atoms with Gasteiger partial charge >= 0.3 is 5.97 Å². The van der Waals surface area contributed by atoms with Gasteiger partial charge in [-0.05, 0) is 47.5 Å². The second-order valence-electron chi connectivity index (χ2n) is 8.04. The van der Waals surface area contributed by atoms with E-state index in [4.69, 9.17) is 9.47 Å². The lowest BCUT2D eigenvalue weighted by Gasteiger charge is -2.48. The fourth-order valence-corrected chi connectivity index (χ4v) is 4.41. The molecule has 1 saturated carbocycles. The minimum Gasteiger partial charge on any atom is -0.452 e. The summed E-state index contributed by atoms with van der Waals surface area (Å²) in [5.41, 5.74) is 1.06. The van der Waals surface area contributed by atoms with Crippen molar-refractivity contribution in [3.05, 3.63) is 36.2 Å². The normalized spacial score (nSPS) is 19.0. The van der Waals surface area contributed by atoms with Crippen molar-refractivity contribution >= 4 is 11.9 Å². The van der Waals surface area contributed by atoms with E-state index in [9.17, 15) is 9.59 Å². The second-order valence-corrected chi connectivity index (χ2v) is 8.04. The molecular formula is C21H28N6O4. The Morgan fingerprint density at radius 2 is 1.84 bits per heavy atom. The standard InChI is InChI=1S/C21H28N6O4/c28-19(22-15-21(8-2-1-3-9-21)26-10-12-30-13-11-26)14-31-20(29)17-4-6-18(7-5-17)27-16-23-24-25-27/h4-7,16H,1-3,8-15H2,(H,22,28). The number of hydrogen-bond donors (Lipinski definition) is 1. The maximum Gasteiger partial charge on any atom is 0.338 e.